The molecular weight excluding hydrogens is 220 g/mol. The lowest BCUT2D eigenvalue weighted by atomic mass is 10.2. The normalized spacial score (nSPS) is 25.8. The first kappa shape index (κ1) is 11.5. The van der Waals surface area contributed by atoms with E-state index in [0.29, 0.717) is 16.4 Å². The SMILES string of the molecule is Cc1cnc(N)nc1N1CC(C)SC(C)C1. The maximum Gasteiger partial charge on any atom is 0.221 e. The first-order valence-electron chi connectivity index (χ1n) is 5.56. The molecule has 0 spiro atoms. The van der Waals surface area contributed by atoms with Crippen LogP contribution < -0.4 is 10.6 Å². The topological polar surface area (TPSA) is 55.0 Å². The first-order chi connectivity index (χ1) is 7.56. The highest BCUT2D eigenvalue weighted by Gasteiger charge is 2.24. The van der Waals surface area contributed by atoms with E-state index in [1.54, 1.807) is 6.20 Å². The molecule has 1 fully saturated rings. The molecule has 88 valence electrons. The van der Waals surface area contributed by atoms with Crippen molar-refractivity contribution >= 4 is 23.5 Å². The van der Waals surface area contributed by atoms with E-state index in [9.17, 15) is 0 Å². The monoisotopic (exact) mass is 238 g/mol. The van der Waals surface area contributed by atoms with Crippen LogP contribution in [0.3, 0.4) is 0 Å². The Bertz CT molecular complexity index is 372. The van der Waals surface area contributed by atoms with Crippen LogP contribution in [0.4, 0.5) is 11.8 Å². The van der Waals surface area contributed by atoms with Crippen LogP contribution in [0.1, 0.15) is 19.4 Å². The van der Waals surface area contributed by atoms with Gasteiger partial charge >= 0.3 is 0 Å². The van der Waals surface area contributed by atoms with Gasteiger partial charge in [-0.15, -0.1) is 0 Å². The van der Waals surface area contributed by atoms with E-state index in [2.05, 4.69) is 28.7 Å². The lowest BCUT2D eigenvalue weighted by molar-refractivity contribution is 0.715. The number of thioether (sulfide) groups is 1. The molecule has 2 heterocycles. The number of hydrogen-bond acceptors (Lipinski definition) is 5. The molecule has 0 radical (unpaired) electrons. The molecule has 2 rings (SSSR count). The Morgan fingerprint density at radius 2 is 2.00 bits per heavy atom. The molecule has 2 N–H and O–H groups in total. The number of aromatic nitrogens is 2. The van der Waals surface area contributed by atoms with Crippen LogP contribution in [0, 0.1) is 6.92 Å². The second-order valence-electron chi connectivity index (χ2n) is 4.40. The molecule has 4 nitrogen and oxygen atoms in total. The van der Waals surface area contributed by atoms with Gasteiger partial charge in [-0.25, -0.2) is 4.98 Å². The number of aryl methyl sites for hydroxylation is 1. The zero-order valence-electron chi connectivity index (χ0n) is 9.97. The van der Waals surface area contributed by atoms with Gasteiger partial charge in [0.15, 0.2) is 0 Å². The van der Waals surface area contributed by atoms with Gasteiger partial charge in [-0.1, -0.05) is 13.8 Å². The Labute approximate surface area is 101 Å². The van der Waals surface area contributed by atoms with Crippen molar-refractivity contribution in [3.8, 4) is 0 Å². The minimum absolute atomic E-state index is 0.360. The summed E-state index contributed by atoms with van der Waals surface area (Å²) in [6, 6.07) is 0. The Hall–Kier alpha value is -0.970. The number of anilines is 2. The molecule has 1 aromatic heterocycles. The molecule has 5 heteroatoms. The molecule has 1 aliphatic rings. The summed E-state index contributed by atoms with van der Waals surface area (Å²) in [7, 11) is 0. The van der Waals surface area contributed by atoms with Crippen molar-refractivity contribution in [2.75, 3.05) is 23.7 Å². The zero-order chi connectivity index (χ0) is 11.7. The fourth-order valence-corrected chi connectivity index (χ4v) is 3.44. The third-order valence-corrected chi connectivity index (χ3v) is 3.91. The highest BCUT2D eigenvalue weighted by atomic mass is 32.2. The smallest absolute Gasteiger partial charge is 0.221 e. The summed E-state index contributed by atoms with van der Waals surface area (Å²) in [4.78, 5) is 10.7. The minimum Gasteiger partial charge on any atom is -0.368 e. The van der Waals surface area contributed by atoms with Crippen LogP contribution in [-0.2, 0) is 0 Å². The number of nitrogen functional groups attached to an aromatic ring is 1. The van der Waals surface area contributed by atoms with Crippen molar-refractivity contribution in [3.63, 3.8) is 0 Å². The summed E-state index contributed by atoms with van der Waals surface area (Å²) in [6.45, 7) is 8.62. The van der Waals surface area contributed by atoms with Crippen molar-refractivity contribution in [1.29, 1.82) is 0 Å². The second-order valence-corrected chi connectivity index (χ2v) is 6.28. The molecule has 1 aromatic rings. The molecule has 2 unspecified atom stereocenters. The number of hydrogen-bond donors (Lipinski definition) is 1. The van der Waals surface area contributed by atoms with Gasteiger partial charge in [-0.2, -0.15) is 16.7 Å². The molecule has 0 amide bonds. The number of nitrogens with zero attached hydrogens (tertiary/aromatic N) is 3. The fraction of sp³-hybridized carbons (Fsp3) is 0.636. The molecule has 1 saturated heterocycles. The van der Waals surface area contributed by atoms with Gasteiger partial charge < -0.3 is 10.6 Å². The van der Waals surface area contributed by atoms with Gasteiger partial charge in [0.2, 0.25) is 5.95 Å². The van der Waals surface area contributed by atoms with E-state index in [4.69, 9.17) is 5.73 Å². The third kappa shape index (κ3) is 2.40. The molecule has 0 aliphatic carbocycles. The van der Waals surface area contributed by atoms with Gasteiger partial charge in [-0.05, 0) is 6.92 Å². The lowest BCUT2D eigenvalue weighted by Gasteiger charge is -2.36. The van der Waals surface area contributed by atoms with Crippen molar-refractivity contribution in [1.82, 2.24) is 9.97 Å². The van der Waals surface area contributed by atoms with Crippen LogP contribution in [0.25, 0.3) is 0 Å². The average molecular weight is 238 g/mol. The van der Waals surface area contributed by atoms with Crippen LogP contribution in [0.2, 0.25) is 0 Å². The van der Waals surface area contributed by atoms with Crippen LogP contribution >= 0.6 is 11.8 Å². The Morgan fingerprint density at radius 1 is 1.38 bits per heavy atom. The Kier molecular flexibility index (Phi) is 3.23. The van der Waals surface area contributed by atoms with E-state index in [1.165, 1.54) is 0 Å². The molecule has 0 aromatic carbocycles. The van der Waals surface area contributed by atoms with Crippen molar-refractivity contribution in [3.05, 3.63) is 11.8 Å². The van der Waals surface area contributed by atoms with Crippen LogP contribution in [0.5, 0.6) is 0 Å². The number of rotatable bonds is 1. The molecule has 0 bridgehead atoms. The molecule has 16 heavy (non-hydrogen) atoms. The summed E-state index contributed by atoms with van der Waals surface area (Å²) in [5.41, 5.74) is 6.75. The van der Waals surface area contributed by atoms with E-state index in [1.807, 2.05) is 18.7 Å². The van der Waals surface area contributed by atoms with Gasteiger partial charge in [0, 0.05) is 35.3 Å². The Morgan fingerprint density at radius 3 is 2.62 bits per heavy atom. The molecule has 2 atom stereocenters. The van der Waals surface area contributed by atoms with E-state index >= 15 is 0 Å². The predicted molar refractivity (Wildman–Crippen MR) is 69.9 cm³/mol. The lowest BCUT2D eigenvalue weighted by Crippen LogP contribution is -2.41. The summed E-state index contributed by atoms with van der Waals surface area (Å²) >= 11 is 2.03. The van der Waals surface area contributed by atoms with Gasteiger partial charge in [0.1, 0.15) is 5.82 Å². The minimum atomic E-state index is 0.360. The molecular formula is C11H18N4S. The first-order valence-corrected chi connectivity index (χ1v) is 6.50. The van der Waals surface area contributed by atoms with Crippen molar-refractivity contribution < 1.29 is 0 Å². The largest absolute Gasteiger partial charge is 0.368 e. The maximum atomic E-state index is 5.65. The highest BCUT2D eigenvalue weighted by Crippen LogP contribution is 2.29. The standard InChI is InChI=1S/C11H18N4S/c1-7-4-13-11(12)14-10(7)15-5-8(2)16-9(3)6-15/h4,8-9H,5-6H2,1-3H3,(H2,12,13,14). The molecule has 0 saturated carbocycles. The third-order valence-electron chi connectivity index (χ3n) is 2.68. The summed E-state index contributed by atoms with van der Waals surface area (Å²) in [5.74, 6) is 1.35. The van der Waals surface area contributed by atoms with E-state index in [-0.39, 0.29) is 0 Å². The van der Waals surface area contributed by atoms with Gasteiger partial charge in [0.05, 0.1) is 0 Å². The second kappa shape index (κ2) is 4.49. The van der Waals surface area contributed by atoms with Gasteiger partial charge in [0.25, 0.3) is 0 Å². The quantitative estimate of drug-likeness (QED) is 0.807. The average Bonchev–Trinajstić information content (AvgIpc) is 2.20. The number of nitrogens with two attached hydrogens (primary N) is 1. The van der Waals surface area contributed by atoms with Crippen LogP contribution in [-0.4, -0.2) is 33.6 Å². The van der Waals surface area contributed by atoms with Crippen molar-refractivity contribution in [2.24, 2.45) is 0 Å². The fourth-order valence-electron chi connectivity index (χ4n) is 2.12. The highest BCUT2D eigenvalue weighted by molar-refractivity contribution is 8.00. The summed E-state index contributed by atoms with van der Waals surface area (Å²) in [6.07, 6.45) is 1.80. The predicted octanol–water partition coefficient (Wildman–Crippen LogP) is 1.70. The Balaban J connectivity index is 2.25. The zero-order valence-corrected chi connectivity index (χ0v) is 10.8. The van der Waals surface area contributed by atoms with Crippen LogP contribution in [0.15, 0.2) is 6.20 Å². The van der Waals surface area contributed by atoms with Gasteiger partial charge in [-0.3, -0.25) is 0 Å². The summed E-state index contributed by atoms with van der Waals surface area (Å²) in [5, 5.41) is 1.28. The van der Waals surface area contributed by atoms with Crippen molar-refractivity contribution in [2.45, 2.75) is 31.3 Å². The maximum absolute atomic E-state index is 5.65. The van der Waals surface area contributed by atoms with E-state index < -0.39 is 0 Å². The van der Waals surface area contributed by atoms with E-state index in [0.717, 1.165) is 24.5 Å². The summed E-state index contributed by atoms with van der Waals surface area (Å²) < 4.78 is 0. The molecule has 1 aliphatic heterocycles.